The van der Waals surface area contributed by atoms with Crippen LogP contribution < -0.4 is 10.6 Å². The van der Waals surface area contributed by atoms with Crippen LogP contribution in [0.15, 0.2) is 42.5 Å². The third-order valence-corrected chi connectivity index (χ3v) is 6.03. The molecule has 0 spiro atoms. The zero-order valence-corrected chi connectivity index (χ0v) is 20.2. The quantitative estimate of drug-likeness (QED) is 0.642. The first-order valence-electron chi connectivity index (χ1n) is 11.4. The van der Waals surface area contributed by atoms with Gasteiger partial charge in [-0.2, -0.15) is 0 Å². The molecule has 1 aliphatic rings. The van der Waals surface area contributed by atoms with Crippen LogP contribution in [-0.2, 0) is 16.0 Å². The largest absolute Gasteiger partial charge is 0.344 e. The van der Waals surface area contributed by atoms with Crippen molar-refractivity contribution >= 4 is 29.3 Å². The zero-order chi connectivity index (χ0) is 24.8. The average molecular weight is 465 g/mol. The van der Waals surface area contributed by atoms with Crippen molar-refractivity contribution in [1.82, 2.24) is 15.1 Å². The third-order valence-electron chi connectivity index (χ3n) is 6.03. The monoisotopic (exact) mass is 464 g/mol. The van der Waals surface area contributed by atoms with E-state index < -0.39 is 6.04 Å². The lowest BCUT2D eigenvalue weighted by Gasteiger charge is -2.36. The standard InChI is InChI=1S/C26H32N4O4/c1-17-5-6-18(2)22(15-17)16-24(27-20(4)32)25(33)29-11-13-30(14-12-29)26(34)28-23-9-7-21(8-10-23)19(3)31/h5-10,15,24H,11-14,16H2,1-4H3,(H,27,32)(H,28,34)/t24-/m0/s1. The summed E-state index contributed by atoms with van der Waals surface area (Å²) in [7, 11) is 0. The van der Waals surface area contributed by atoms with Gasteiger partial charge in [0.25, 0.3) is 0 Å². The number of aryl methyl sites for hydroxylation is 2. The van der Waals surface area contributed by atoms with Crippen LogP contribution in [0.1, 0.15) is 40.9 Å². The Balaban J connectivity index is 1.59. The Hall–Kier alpha value is -3.68. The number of hydrogen-bond donors (Lipinski definition) is 2. The van der Waals surface area contributed by atoms with Crippen LogP contribution >= 0.6 is 0 Å². The number of carbonyl (C=O) groups excluding carboxylic acids is 4. The highest BCUT2D eigenvalue weighted by Gasteiger charge is 2.30. The number of nitrogens with zero attached hydrogens (tertiary/aromatic N) is 2. The predicted molar refractivity (Wildman–Crippen MR) is 131 cm³/mol. The highest BCUT2D eigenvalue weighted by atomic mass is 16.2. The number of carbonyl (C=O) groups is 4. The summed E-state index contributed by atoms with van der Waals surface area (Å²) in [4.78, 5) is 52.4. The zero-order valence-electron chi connectivity index (χ0n) is 20.2. The van der Waals surface area contributed by atoms with Crippen LogP contribution in [0.5, 0.6) is 0 Å². The molecule has 8 nitrogen and oxygen atoms in total. The minimum absolute atomic E-state index is 0.0335. The second-order valence-corrected chi connectivity index (χ2v) is 8.76. The summed E-state index contributed by atoms with van der Waals surface area (Å²) in [5.41, 5.74) is 4.39. The lowest BCUT2D eigenvalue weighted by Crippen LogP contribution is -2.56. The van der Waals surface area contributed by atoms with Crippen LogP contribution in [0.3, 0.4) is 0 Å². The SMILES string of the molecule is CC(=O)N[C@@H](Cc1cc(C)ccc1C)C(=O)N1CCN(C(=O)Nc2ccc(C(C)=O)cc2)CC1. The van der Waals surface area contributed by atoms with E-state index in [0.29, 0.717) is 43.9 Å². The molecule has 0 aromatic heterocycles. The maximum atomic E-state index is 13.3. The van der Waals surface area contributed by atoms with Gasteiger partial charge in [-0.1, -0.05) is 23.8 Å². The van der Waals surface area contributed by atoms with Crippen molar-refractivity contribution in [3.8, 4) is 0 Å². The average Bonchev–Trinajstić information content (AvgIpc) is 2.80. The Morgan fingerprint density at radius 3 is 2.09 bits per heavy atom. The highest BCUT2D eigenvalue weighted by molar-refractivity contribution is 5.95. The first-order chi connectivity index (χ1) is 16.1. The number of ketones is 1. The molecule has 34 heavy (non-hydrogen) atoms. The van der Waals surface area contributed by atoms with Crippen LogP contribution in [0, 0.1) is 13.8 Å². The maximum absolute atomic E-state index is 13.3. The number of urea groups is 1. The van der Waals surface area contributed by atoms with E-state index >= 15 is 0 Å². The van der Waals surface area contributed by atoms with Crippen LogP contribution in [0.25, 0.3) is 0 Å². The first-order valence-corrected chi connectivity index (χ1v) is 11.4. The molecular formula is C26H32N4O4. The molecule has 0 unspecified atom stereocenters. The van der Waals surface area contributed by atoms with Gasteiger partial charge in [0.05, 0.1) is 0 Å². The molecule has 0 saturated carbocycles. The smallest absolute Gasteiger partial charge is 0.321 e. The van der Waals surface area contributed by atoms with Crippen molar-refractivity contribution < 1.29 is 19.2 Å². The fraction of sp³-hybridized carbons (Fsp3) is 0.385. The fourth-order valence-corrected chi connectivity index (χ4v) is 4.03. The second kappa shape index (κ2) is 11.0. The van der Waals surface area contributed by atoms with Crippen molar-refractivity contribution in [2.75, 3.05) is 31.5 Å². The maximum Gasteiger partial charge on any atom is 0.321 e. The number of anilines is 1. The van der Waals surface area contributed by atoms with Gasteiger partial charge in [-0.25, -0.2) is 4.79 Å². The molecule has 1 atom stereocenters. The second-order valence-electron chi connectivity index (χ2n) is 8.76. The number of nitrogens with one attached hydrogen (secondary N) is 2. The Bertz CT molecular complexity index is 1070. The van der Waals surface area contributed by atoms with Gasteiger partial charge in [0.1, 0.15) is 6.04 Å². The molecule has 3 rings (SSSR count). The lowest BCUT2D eigenvalue weighted by molar-refractivity contribution is -0.137. The molecule has 2 aromatic rings. The van der Waals surface area contributed by atoms with Gasteiger partial charge in [0.2, 0.25) is 11.8 Å². The van der Waals surface area contributed by atoms with Crippen LogP contribution in [0.2, 0.25) is 0 Å². The van der Waals surface area contributed by atoms with Crippen molar-refractivity contribution in [3.63, 3.8) is 0 Å². The number of Topliss-reactive ketones (excluding diaryl/α,β-unsaturated/α-hetero) is 1. The minimum atomic E-state index is -0.654. The van der Waals surface area contributed by atoms with E-state index in [2.05, 4.69) is 10.6 Å². The van der Waals surface area contributed by atoms with Crippen LogP contribution in [0.4, 0.5) is 10.5 Å². The Kier molecular flexibility index (Phi) is 8.04. The number of hydrogen-bond acceptors (Lipinski definition) is 4. The van der Waals surface area contributed by atoms with E-state index in [1.54, 1.807) is 34.1 Å². The number of piperazine rings is 1. The minimum Gasteiger partial charge on any atom is -0.344 e. The Morgan fingerprint density at radius 1 is 0.882 bits per heavy atom. The molecule has 8 heteroatoms. The topological polar surface area (TPSA) is 98.8 Å². The van der Waals surface area contributed by atoms with Gasteiger partial charge in [-0.05, 0) is 56.2 Å². The molecule has 2 N–H and O–H groups in total. The van der Waals surface area contributed by atoms with Crippen molar-refractivity contribution in [3.05, 3.63) is 64.7 Å². The van der Waals surface area contributed by atoms with Gasteiger partial charge in [-0.15, -0.1) is 0 Å². The van der Waals surface area contributed by atoms with Gasteiger partial charge in [-0.3, -0.25) is 14.4 Å². The van der Waals surface area contributed by atoms with Gasteiger partial charge >= 0.3 is 6.03 Å². The van der Waals surface area contributed by atoms with E-state index in [1.165, 1.54) is 13.8 Å². The molecule has 1 aliphatic heterocycles. The Morgan fingerprint density at radius 2 is 1.50 bits per heavy atom. The molecule has 2 aromatic carbocycles. The summed E-state index contributed by atoms with van der Waals surface area (Å²) in [6.07, 6.45) is 0.420. The molecule has 1 saturated heterocycles. The van der Waals surface area contributed by atoms with E-state index in [0.717, 1.165) is 16.7 Å². The summed E-state index contributed by atoms with van der Waals surface area (Å²) >= 11 is 0. The number of benzene rings is 2. The molecule has 180 valence electrons. The molecule has 0 bridgehead atoms. The summed E-state index contributed by atoms with van der Waals surface area (Å²) in [5.74, 6) is -0.428. The summed E-state index contributed by atoms with van der Waals surface area (Å²) in [5, 5.41) is 5.63. The van der Waals surface area contributed by atoms with Crippen LogP contribution in [-0.4, -0.2) is 65.6 Å². The lowest BCUT2D eigenvalue weighted by atomic mass is 9.98. The molecule has 1 heterocycles. The molecule has 1 fully saturated rings. The normalized spacial score (nSPS) is 14.4. The van der Waals surface area contributed by atoms with Gasteiger partial charge in [0, 0.05) is 50.8 Å². The molecule has 4 amide bonds. The first kappa shape index (κ1) is 25.0. The van der Waals surface area contributed by atoms with Gasteiger partial charge in [0.15, 0.2) is 5.78 Å². The van der Waals surface area contributed by atoms with E-state index in [9.17, 15) is 19.2 Å². The number of rotatable bonds is 6. The van der Waals surface area contributed by atoms with E-state index in [4.69, 9.17) is 0 Å². The summed E-state index contributed by atoms with van der Waals surface area (Å²) in [6.45, 7) is 8.45. The van der Waals surface area contributed by atoms with Crippen molar-refractivity contribution in [2.24, 2.45) is 0 Å². The summed E-state index contributed by atoms with van der Waals surface area (Å²) < 4.78 is 0. The molecular weight excluding hydrogens is 432 g/mol. The predicted octanol–water partition coefficient (Wildman–Crippen LogP) is 2.93. The van der Waals surface area contributed by atoms with E-state index in [1.807, 2.05) is 32.0 Å². The summed E-state index contributed by atoms with van der Waals surface area (Å²) in [6, 6.07) is 11.9. The van der Waals surface area contributed by atoms with E-state index in [-0.39, 0.29) is 23.6 Å². The van der Waals surface area contributed by atoms with Crippen molar-refractivity contribution in [1.29, 1.82) is 0 Å². The molecule has 0 radical (unpaired) electrons. The Labute approximate surface area is 200 Å². The van der Waals surface area contributed by atoms with Crippen molar-refractivity contribution in [2.45, 2.75) is 40.2 Å². The van der Waals surface area contributed by atoms with Gasteiger partial charge < -0.3 is 20.4 Å². The fourth-order valence-electron chi connectivity index (χ4n) is 4.03. The number of amides is 4. The third kappa shape index (κ3) is 6.43. The molecule has 0 aliphatic carbocycles. The highest BCUT2D eigenvalue weighted by Crippen LogP contribution is 2.16.